The molecule has 1 saturated carbocycles. The van der Waals surface area contributed by atoms with Crippen molar-refractivity contribution in [3.63, 3.8) is 0 Å². The van der Waals surface area contributed by atoms with Gasteiger partial charge in [-0.25, -0.2) is 4.98 Å². The number of carbonyl (C=O) groups excluding carboxylic acids is 1. The van der Waals surface area contributed by atoms with Crippen LogP contribution >= 0.6 is 0 Å². The number of aromatic amines is 1. The van der Waals surface area contributed by atoms with Crippen LogP contribution in [-0.4, -0.2) is 51.2 Å². The molecule has 98 valence electrons. The number of hydrogen-bond acceptors (Lipinski definition) is 4. The number of aromatic nitrogens is 3. The highest BCUT2D eigenvalue weighted by atomic mass is 16.2. The Balaban J connectivity index is 1.50. The largest absolute Gasteiger partial charge is 0.346 e. The number of rotatable bonds is 3. The van der Waals surface area contributed by atoms with Gasteiger partial charge in [0.05, 0.1) is 0 Å². The fourth-order valence-corrected chi connectivity index (χ4v) is 2.54. The third-order valence-electron chi connectivity index (χ3n) is 3.73. The van der Waals surface area contributed by atoms with Gasteiger partial charge >= 0.3 is 0 Å². The van der Waals surface area contributed by atoms with E-state index >= 15 is 0 Å². The third kappa shape index (κ3) is 2.53. The zero-order valence-corrected chi connectivity index (χ0v) is 10.6. The Morgan fingerprint density at radius 1 is 1.33 bits per heavy atom. The number of piperidine rings is 1. The van der Waals surface area contributed by atoms with Crippen LogP contribution in [0.2, 0.25) is 0 Å². The molecule has 2 aliphatic rings. The standard InChI is InChI=1S/C12H19N5O/c1-8-13-11(16-15-8)12(18)14-9-4-6-17(7-5-9)10-2-3-10/h9-10H,2-7H2,1H3,(H,14,18)(H,13,15,16). The quantitative estimate of drug-likeness (QED) is 0.816. The van der Waals surface area contributed by atoms with E-state index in [2.05, 4.69) is 25.4 Å². The van der Waals surface area contributed by atoms with Crippen LogP contribution in [0.3, 0.4) is 0 Å². The van der Waals surface area contributed by atoms with E-state index in [0.717, 1.165) is 32.0 Å². The van der Waals surface area contributed by atoms with Crippen molar-refractivity contribution in [1.29, 1.82) is 0 Å². The summed E-state index contributed by atoms with van der Waals surface area (Å²) in [7, 11) is 0. The summed E-state index contributed by atoms with van der Waals surface area (Å²) in [6.45, 7) is 3.99. The number of nitrogens with zero attached hydrogens (tertiary/aromatic N) is 3. The van der Waals surface area contributed by atoms with Gasteiger partial charge in [-0.05, 0) is 32.6 Å². The molecule has 1 saturated heterocycles. The van der Waals surface area contributed by atoms with Crippen molar-refractivity contribution in [2.24, 2.45) is 0 Å². The molecular weight excluding hydrogens is 230 g/mol. The maximum absolute atomic E-state index is 11.9. The number of carbonyl (C=O) groups is 1. The van der Waals surface area contributed by atoms with Gasteiger partial charge in [0.15, 0.2) is 0 Å². The Morgan fingerprint density at radius 2 is 2.06 bits per heavy atom. The second-order valence-corrected chi connectivity index (χ2v) is 5.26. The average Bonchev–Trinajstić information content (AvgIpc) is 3.12. The van der Waals surface area contributed by atoms with Crippen molar-refractivity contribution < 1.29 is 4.79 Å². The highest BCUT2D eigenvalue weighted by molar-refractivity contribution is 5.90. The number of nitrogens with one attached hydrogen (secondary N) is 2. The molecule has 2 N–H and O–H groups in total. The van der Waals surface area contributed by atoms with Crippen LogP contribution in [-0.2, 0) is 0 Å². The van der Waals surface area contributed by atoms with Gasteiger partial charge in [0.1, 0.15) is 5.82 Å². The molecule has 0 radical (unpaired) electrons. The van der Waals surface area contributed by atoms with E-state index in [1.165, 1.54) is 12.8 Å². The lowest BCUT2D eigenvalue weighted by atomic mass is 10.0. The lowest BCUT2D eigenvalue weighted by Gasteiger charge is -2.32. The van der Waals surface area contributed by atoms with Crippen LogP contribution in [0.5, 0.6) is 0 Å². The Bertz CT molecular complexity index is 431. The molecule has 6 nitrogen and oxygen atoms in total. The third-order valence-corrected chi connectivity index (χ3v) is 3.73. The van der Waals surface area contributed by atoms with Gasteiger partial charge < -0.3 is 10.2 Å². The van der Waals surface area contributed by atoms with Gasteiger partial charge in [0.2, 0.25) is 5.82 Å². The molecule has 3 rings (SSSR count). The minimum atomic E-state index is -0.163. The summed E-state index contributed by atoms with van der Waals surface area (Å²) < 4.78 is 0. The van der Waals surface area contributed by atoms with E-state index in [1.807, 2.05) is 0 Å². The molecule has 1 aliphatic heterocycles. The van der Waals surface area contributed by atoms with E-state index < -0.39 is 0 Å². The summed E-state index contributed by atoms with van der Waals surface area (Å²) in [5.41, 5.74) is 0. The lowest BCUT2D eigenvalue weighted by molar-refractivity contribution is 0.0899. The van der Waals surface area contributed by atoms with Crippen molar-refractivity contribution in [3.8, 4) is 0 Å². The van der Waals surface area contributed by atoms with Crippen molar-refractivity contribution in [3.05, 3.63) is 11.6 Å². The SMILES string of the molecule is Cc1nc(C(=O)NC2CCN(C3CC3)CC2)n[nH]1. The maximum atomic E-state index is 11.9. The number of likely N-dealkylation sites (tertiary alicyclic amines) is 1. The van der Waals surface area contributed by atoms with E-state index in [0.29, 0.717) is 5.82 Å². The van der Waals surface area contributed by atoms with Crippen molar-refractivity contribution >= 4 is 5.91 Å². The molecule has 0 atom stereocenters. The number of amides is 1. The average molecular weight is 249 g/mol. The predicted octanol–water partition coefficient (Wildman–Crippen LogP) is 0.470. The van der Waals surface area contributed by atoms with Gasteiger partial charge in [-0.2, -0.15) is 0 Å². The summed E-state index contributed by atoms with van der Waals surface area (Å²) in [5.74, 6) is 0.755. The molecule has 18 heavy (non-hydrogen) atoms. The first-order valence-corrected chi connectivity index (χ1v) is 6.66. The normalized spacial score (nSPS) is 22.1. The lowest BCUT2D eigenvalue weighted by Crippen LogP contribution is -2.45. The molecule has 6 heteroatoms. The Labute approximate surface area is 106 Å². The molecule has 1 aliphatic carbocycles. The molecule has 0 bridgehead atoms. The Hall–Kier alpha value is -1.43. The van der Waals surface area contributed by atoms with Crippen LogP contribution in [0.1, 0.15) is 42.1 Å². The summed E-state index contributed by atoms with van der Waals surface area (Å²) in [6.07, 6.45) is 4.78. The first-order valence-electron chi connectivity index (χ1n) is 6.66. The number of aryl methyl sites for hydroxylation is 1. The molecule has 2 heterocycles. The van der Waals surface area contributed by atoms with Crippen molar-refractivity contribution in [2.45, 2.75) is 44.7 Å². The first kappa shape index (κ1) is 11.6. The summed E-state index contributed by atoms with van der Waals surface area (Å²) in [4.78, 5) is 18.5. The smallest absolute Gasteiger partial charge is 0.291 e. The highest BCUT2D eigenvalue weighted by Crippen LogP contribution is 2.29. The van der Waals surface area contributed by atoms with Crippen LogP contribution in [0, 0.1) is 6.92 Å². The van der Waals surface area contributed by atoms with Crippen LogP contribution in [0.15, 0.2) is 0 Å². The minimum Gasteiger partial charge on any atom is -0.346 e. The predicted molar refractivity (Wildman–Crippen MR) is 66.2 cm³/mol. The molecule has 2 fully saturated rings. The molecule has 0 spiro atoms. The van der Waals surface area contributed by atoms with E-state index in [1.54, 1.807) is 6.92 Å². The highest BCUT2D eigenvalue weighted by Gasteiger charge is 2.32. The Morgan fingerprint density at radius 3 is 2.61 bits per heavy atom. The molecule has 1 amide bonds. The fraction of sp³-hybridized carbons (Fsp3) is 0.750. The molecule has 1 aromatic heterocycles. The maximum Gasteiger partial charge on any atom is 0.291 e. The van der Waals surface area contributed by atoms with Gasteiger partial charge in [-0.3, -0.25) is 9.89 Å². The van der Waals surface area contributed by atoms with Crippen LogP contribution < -0.4 is 5.32 Å². The molecule has 0 unspecified atom stereocenters. The molecule has 0 aromatic carbocycles. The summed E-state index contributed by atoms with van der Waals surface area (Å²) in [6, 6.07) is 1.10. The second-order valence-electron chi connectivity index (χ2n) is 5.26. The van der Waals surface area contributed by atoms with Gasteiger partial charge in [-0.15, -0.1) is 5.10 Å². The molecule has 1 aromatic rings. The first-order chi connectivity index (χ1) is 8.72. The monoisotopic (exact) mass is 249 g/mol. The Kier molecular flexibility index (Phi) is 3.03. The second kappa shape index (κ2) is 4.68. The van der Waals surface area contributed by atoms with Gasteiger partial charge in [-0.1, -0.05) is 0 Å². The number of hydrogen-bond donors (Lipinski definition) is 2. The number of H-pyrrole nitrogens is 1. The van der Waals surface area contributed by atoms with Crippen molar-refractivity contribution in [2.75, 3.05) is 13.1 Å². The van der Waals surface area contributed by atoms with E-state index in [4.69, 9.17) is 0 Å². The minimum absolute atomic E-state index is 0.163. The van der Waals surface area contributed by atoms with Gasteiger partial charge in [0, 0.05) is 25.2 Å². The summed E-state index contributed by atoms with van der Waals surface area (Å²) in [5, 5.41) is 9.58. The van der Waals surface area contributed by atoms with Crippen LogP contribution in [0.4, 0.5) is 0 Å². The van der Waals surface area contributed by atoms with Crippen molar-refractivity contribution in [1.82, 2.24) is 25.4 Å². The van der Waals surface area contributed by atoms with E-state index in [9.17, 15) is 4.79 Å². The fourth-order valence-electron chi connectivity index (χ4n) is 2.54. The summed E-state index contributed by atoms with van der Waals surface area (Å²) >= 11 is 0. The van der Waals surface area contributed by atoms with E-state index in [-0.39, 0.29) is 17.8 Å². The molecular formula is C12H19N5O. The zero-order valence-electron chi connectivity index (χ0n) is 10.6. The van der Waals surface area contributed by atoms with Gasteiger partial charge in [0.25, 0.3) is 5.91 Å². The zero-order chi connectivity index (χ0) is 12.5. The van der Waals surface area contributed by atoms with Crippen LogP contribution in [0.25, 0.3) is 0 Å². The topological polar surface area (TPSA) is 73.9 Å².